The molecule has 0 saturated heterocycles. The van der Waals surface area contributed by atoms with Crippen LogP contribution in [0.5, 0.6) is 5.75 Å². The van der Waals surface area contributed by atoms with Crippen LogP contribution in [-0.4, -0.2) is 95.7 Å². The van der Waals surface area contributed by atoms with Gasteiger partial charge in [0.25, 0.3) is 5.91 Å². The number of fused-ring (bicyclic) bond motifs is 3. The summed E-state index contributed by atoms with van der Waals surface area (Å²) in [5.74, 6) is -7.33. The second kappa shape index (κ2) is 11.9. The molecule has 4 unspecified atom stereocenters. The van der Waals surface area contributed by atoms with Gasteiger partial charge in [0.15, 0.2) is 11.4 Å². The highest BCUT2D eigenvalue weighted by Gasteiger charge is 2.63. The van der Waals surface area contributed by atoms with Crippen molar-refractivity contribution in [2.24, 2.45) is 17.6 Å². The zero-order chi connectivity index (χ0) is 33.8. The van der Waals surface area contributed by atoms with Gasteiger partial charge in [-0.05, 0) is 62.2 Å². The van der Waals surface area contributed by atoms with Crippen molar-refractivity contribution in [1.82, 2.24) is 10.2 Å². The first kappa shape index (κ1) is 32.7. The number of carbonyl (C=O) groups is 4. The normalized spacial score (nSPS) is 24.0. The number of carbonyl (C=O) groups excluding carboxylic acids is 4. The van der Waals surface area contributed by atoms with Crippen LogP contribution in [0.25, 0.3) is 0 Å². The quantitative estimate of drug-likeness (QED) is 0.180. The van der Waals surface area contributed by atoms with Gasteiger partial charge in [0, 0.05) is 49.9 Å². The second-order valence-electron chi connectivity index (χ2n) is 12.4. The van der Waals surface area contributed by atoms with E-state index in [0.717, 1.165) is 5.56 Å². The Kier molecular flexibility index (Phi) is 8.45. The van der Waals surface area contributed by atoms with Gasteiger partial charge in [-0.3, -0.25) is 19.3 Å². The minimum atomic E-state index is -2.70. The maximum Gasteiger partial charge on any atom is 0.337 e. The van der Waals surface area contributed by atoms with Crippen molar-refractivity contribution < 1.29 is 44.3 Å². The molecule has 13 nitrogen and oxygen atoms in total. The first-order valence-corrected chi connectivity index (χ1v) is 14.7. The highest BCUT2D eigenvalue weighted by molar-refractivity contribution is 6.25. The number of allylic oxidation sites excluding steroid dienone is 1. The van der Waals surface area contributed by atoms with Crippen LogP contribution in [0.1, 0.15) is 43.8 Å². The number of methoxy groups -OCH3 is 1. The van der Waals surface area contributed by atoms with Gasteiger partial charge in [-0.25, -0.2) is 4.79 Å². The summed E-state index contributed by atoms with van der Waals surface area (Å²) >= 11 is 0. The largest absolute Gasteiger partial charge is 0.510 e. The molecule has 46 heavy (non-hydrogen) atoms. The summed E-state index contributed by atoms with van der Waals surface area (Å²) in [6, 6.07) is 7.54. The molecule has 0 aromatic heterocycles. The van der Waals surface area contributed by atoms with E-state index in [0.29, 0.717) is 28.9 Å². The first-order chi connectivity index (χ1) is 21.6. The predicted molar refractivity (Wildman–Crippen MR) is 166 cm³/mol. The van der Waals surface area contributed by atoms with E-state index in [-0.39, 0.29) is 36.3 Å². The lowest BCUT2D eigenvalue weighted by molar-refractivity contribution is -0.148. The van der Waals surface area contributed by atoms with Crippen LogP contribution in [0, 0.1) is 11.8 Å². The average Bonchev–Trinajstić information content (AvgIpc) is 2.99. The lowest BCUT2D eigenvalue weighted by atomic mass is 9.58. The number of ketones is 2. The second-order valence-corrected chi connectivity index (χ2v) is 12.4. The Hall–Kier alpha value is -4.72. The average molecular weight is 635 g/mol. The zero-order valence-electron chi connectivity index (χ0n) is 26.2. The van der Waals surface area contributed by atoms with Crippen molar-refractivity contribution in [1.29, 1.82) is 0 Å². The topological polar surface area (TPSA) is 203 Å². The minimum absolute atomic E-state index is 0.0114. The van der Waals surface area contributed by atoms with Gasteiger partial charge in [-0.1, -0.05) is 12.1 Å². The van der Waals surface area contributed by atoms with Gasteiger partial charge in [0.1, 0.15) is 22.8 Å². The molecule has 5 rings (SSSR count). The van der Waals surface area contributed by atoms with E-state index in [1.807, 2.05) is 4.90 Å². The first-order valence-electron chi connectivity index (χ1n) is 14.7. The number of aliphatic hydroxyl groups is 3. The predicted octanol–water partition coefficient (Wildman–Crippen LogP) is 1.26. The molecule has 0 fully saturated rings. The Labute approximate surface area is 265 Å². The van der Waals surface area contributed by atoms with Crippen molar-refractivity contribution in [3.05, 3.63) is 80.8 Å². The maximum atomic E-state index is 14.2. The van der Waals surface area contributed by atoms with E-state index in [4.69, 9.17) is 10.5 Å². The lowest BCUT2D eigenvalue weighted by Crippen LogP contribution is -2.63. The zero-order valence-corrected chi connectivity index (χ0v) is 26.2. The molecular formula is C33H38N4O9. The summed E-state index contributed by atoms with van der Waals surface area (Å²) in [5, 5.41) is 49.0. The van der Waals surface area contributed by atoms with Crippen molar-refractivity contribution in [3.63, 3.8) is 0 Å². The number of Topliss-reactive ketones (excluding diaryl/α,β-unsaturated/α-hetero) is 2. The summed E-state index contributed by atoms with van der Waals surface area (Å²) in [6.07, 6.45) is 0.202. The maximum absolute atomic E-state index is 14.2. The molecule has 7 N–H and O–H groups in total. The number of anilines is 1. The third-order valence-electron chi connectivity index (χ3n) is 9.28. The number of phenolic OH excluding ortho intramolecular Hbond substituents is 1. The molecule has 13 heteroatoms. The van der Waals surface area contributed by atoms with Crippen LogP contribution < -0.4 is 16.0 Å². The number of phenols is 1. The van der Waals surface area contributed by atoms with Crippen LogP contribution in [0.4, 0.5) is 5.69 Å². The fourth-order valence-corrected chi connectivity index (χ4v) is 7.10. The number of likely N-dealkylation sites (N-methyl/N-ethyl adjacent to an activating group) is 1. The molecule has 3 aliphatic carbocycles. The highest BCUT2D eigenvalue weighted by Crippen LogP contribution is 2.53. The smallest absolute Gasteiger partial charge is 0.337 e. The van der Waals surface area contributed by atoms with Gasteiger partial charge < -0.3 is 41.1 Å². The Morgan fingerprint density at radius 2 is 1.72 bits per heavy atom. The molecule has 2 aromatic carbocycles. The number of hydrogen-bond donors (Lipinski definition) is 6. The van der Waals surface area contributed by atoms with Gasteiger partial charge in [-0.15, -0.1) is 0 Å². The molecule has 0 heterocycles. The van der Waals surface area contributed by atoms with Crippen molar-refractivity contribution in [2.45, 2.75) is 37.6 Å². The Morgan fingerprint density at radius 3 is 2.28 bits per heavy atom. The Morgan fingerprint density at radius 1 is 1.07 bits per heavy atom. The molecular weight excluding hydrogens is 596 g/mol. The molecule has 0 aliphatic heterocycles. The fraction of sp³-hybridized carbons (Fsp3) is 0.394. The Balaban J connectivity index is 1.53. The van der Waals surface area contributed by atoms with E-state index < -0.39 is 64.0 Å². The monoisotopic (exact) mass is 634 g/mol. The number of amides is 1. The standard InChI is InChI=1S/C33H38N4O9/c1-36(2)21-12-18(14-35-13-15-6-8-16(9-7-15)32(44)46-5)26(38)23-19(21)10-17-11-20-25(37(3)4)28(40)24(31(34)43)30(42)33(20,45)29(41)22(17)27(23)39/h6-9,12,17,20,25,35,38,40-41,45H,10-11,13-14H2,1-5H3,(H2,34,43). The number of ether oxygens (including phenoxy) is 1. The number of nitrogens with two attached hydrogens (primary N) is 1. The van der Waals surface area contributed by atoms with E-state index >= 15 is 0 Å². The number of hydrogen-bond acceptors (Lipinski definition) is 12. The number of nitrogens with one attached hydrogen (secondary N) is 1. The molecule has 0 radical (unpaired) electrons. The summed E-state index contributed by atoms with van der Waals surface area (Å²) < 4.78 is 4.73. The van der Waals surface area contributed by atoms with E-state index in [9.17, 15) is 39.6 Å². The molecule has 0 spiro atoms. The third-order valence-corrected chi connectivity index (χ3v) is 9.28. The number of nitrogens with zero attached hydrogens (tertiary/aromatic N) is 2. The molecule has 0 saturated carbocycles. The van der Waals surface area contributed by atoms with E-state index in [2.05, 4.69) is 5.32 Å². The molecule has 2 aromatic rings. The molecule has 3 aliphatic rings. The van der Waals surface area contributed by atoms with Crippen LogP contribution in [-0.2, 0) is 33.8 Å². The van der Waals surface area contributed by atoms with Crippen LogP contribution in [0.3, 0.4) is 0 Å². The van der Waals surface area contributed by atoms with Crippen LogP contribution in [0.2, 0.25) is 0 Å². The summed E-state index contributed by atoms with van der Waals surface area (Å²) in [5.41, 5.74) is 4.48. The molecule has 244 valence electrons. The number of esters is 1. The number of benzene rings is 2. The number of rotatable bonds is 8. The van der Waals surface area contributed by atoms with Gasteiger partial charge >= 0.3 is 5.97 Å². The van der Waals surface area contributed by atoms with Crippen molar-refractivity contribution in [3.8, 4) is 5.75 Å². The molecule has 4 atom stereocenters. The van der Waals surface area contributed by atoms with Gasteiger partial charge in [0.2, 0.25) is 5.78 Å². The molecule has 1 amide bonds. The summed E-state index contributed by atoms with van der Waals surface area (Å²) in [7, 11) is 8.08. The van der Waals surface area contributed by atoms with Crippen molar-refractivity contribution in [2.75, 3.05) is 40.2 Å². The van der Waals surface area contributed by atoms with E-state index in [1.54, 1.807) is 58.5 Å². The third kappa shape index (κ3) is 5.00. The van der Waals surface area contributed by atoms with Crippen LogP contribution >= 0.6 is 0 Å². The number of aromatic hydroxyl groups is 1. The highest BCUT2D eigenvalue weighted by atomic mass is 16.5. The summed E-state index contributed by atoms with van der Waals surface area (Å²) in [6.45, 7) is 0.533. The Bertz CT molecular complexity index is 1710. The fourth-order valence-electron chi connectivity index (χ4n) is 7.10. The SMILES string of the molecule is COC(=O)c1ccc(CNCc2cc(N(C)C)c3c(c2O)C(=O)C2=C(O)C4(O)C(=O)C(C(N)=O)=C(O)C(N(C)C)C4CC2C3)cc1. The van der Waals surface area contributed by atoms with Gasteiger partial charge in [0.05, 0.1) is 24.3 Å². The lowest BCUT2D eigenvalue weighted by Gasteiger charge is -2.50. The van der Waals surface area contributed by atoms with Gasteiger partial charge in [-0.2, -0.15) is 0 Å². The number of aliphatic hydroxyl groups excluding tert-OH is 2. The van der Waals surface area contributed by atoms with Crippen molar-refractivity contribution >= 4 is 29.1 Å². The van der Waals surface area contributed by atoms with Crippen LogP contribution in [0.15, 0.2) is 53.0 Å². The molecule has 0 bridgehead atoms. The van der Waals surface area contributed by atoms with E-state index in [1.165, 1.54) is 12.0 Å². The number of primary amides is 1. The summed E-state index contributed by atoms with van der Waals surface area (Å²) in [4.78, 5) is 55.0. The minimum Gasteiger partial charge on any atom is -0.510 e.